The summed E-state index contributed by atoms with van der Waals surface area (Å²) in [5.74, 6) is -0.912. The smallest absolute Gasteiger partial charge is 0.262 e. The molecule has 4 nitrogen and oxygen atoms in total. The zero-order chi connectivity index (χ0) is 14.7. The number of nitrogens with zero attached hydrogens (tertiary/aromatic N) is 2. The van der Waals surface area contributed by atoms with Crippen LogP contribution in [0.25, 0.3) is 0 Å². The highest BCUT2D eigenvalue weighted by atomic mass is 19.1. The molecule has 2 aromatic rings. The van der Waals surface area contributed by atoms with Gasteiger partial charge in [-0.2, -0.15) is 0 Å². The monoisotopic (exact) mass is 273 g/mol. The summed E-state index contributed by atoms with van der Waals surface area (Å²) >= 11 is 0. The van der Waals surface area contributed by atoms with Crippen molar-refractivity contribution in [3.63, 3.8) is 0 Å². The predicted molar refractivity (Wildman–Crippen MR) is 77.1 cm³/mol. The maximum Gasteiger partial charge on any atom is 0.262 e. The first kappa shape index (κ1) is 14.0. The average molecular weight is 273 g/mol. The van der Waals surface area contributed by atoms with Gasteiger partial charge in [0.05, 0.1) is 11.8 Å². The molecule has 2 rings (SSSR count). The first-order chi connectivity index (χ1) is 9.52. The van der Waals surface area contributed by atoms with Crippen molar-refractivity contribution >= 4 is 17.4 Å². The van der Waals surface area contributed by atoms with Crippen molar-refractivity contribution in [3.8, 4) is 0 Å². The third-order valence-corrected chi connectivity index (χ3v) is 3.02. The Morgan fingerprint density at radius 1 is 1.35 bits per heavy atom. The molecule has 0 fully saturated rings. The highest BCUT2D eigenvalue weighted by Crippen LogP contribution is 2.20. The summed E-state index contributed by atoms with van der Waals surface area (Å²) < 4.78 is 13.2. The number of anilines is 2. The molecule has 0 saturated carbocycles. The highest BCUT2D eigenvalue weighted by Gasteiger charge is 2.19. The van der Waals surface area contributed by atoms with Crippen molar-refractivity contribution in [1.82, 2.24) is 4.98 Å². The molecule has 20 heavy (non-hydrogen) atoms. The molecule has 1 aromatic carbocycles. The van der Waals surface area contributed by atoms with Crippen LogP contribution in [0.2, 0.25) is 0 Å². The molecular weight excluding hydrogens is 257 g/mol. The zero-order valence-electron chi connectivity index (χ0n) is 11.4. The second-order valence-corrected chi connectivity index (χ2v) is 4.47. The van der Waals surface area contributed by atoms with Gasteiger partial charge in [0.15, 0.2) is 0 Å². The Morgan fingerprint density at radius 2 is 2.00 bits per heavy atom. The zero-order valence-corrected chi connectivity index (χ0v) is 11.4. The van der Waals surface area contributed by atoms with Crippen molar-refractivity contribution in [2.75, 3.05) is 17.2 Å². The summed E-state index contributed by atoms with van der Waals surface area (Å²) in [7, 11) is 0. The number of aryl methyl sites for hydroxylation is 1. The van der Waals surface area contributed by atoms with Gasteiger partial charge in [0, 0.05) is 12.2 Å². The van der Waals surface area contributed by atoms with E-state index in [0.717, 1.165) is 23.5 Å². The molecule has 0 saturated heterocycles. The molecule has 1 aromatic heterocycles. The Kier molecular flexibility index (Phi) is 3.98. The van der Waals surface area contributed by atoms with E-state index >= 15 is 0 Å². The summed E-state index contributed by atoms with van der Waals surface area (Å²) in [4.78, 5) is 17.7. The van der Waals surface area contributed by atoms with Crippen molar-refractivity contribution in [1.29, 1.82) is 0 Å². The van der Waals surface area contributed by atoms with Crippen LogP contribution in [0.1, 0.15) is 22.8 Å². The molecular formula is C15H16FN3O. The lowest BCUT2D eigenvalue weighted by Gasteiger charge is -2.21. The van der Waals surface area contributed by atoms with E-state index in [9.17, 15) is 9.18 Å². The largest absolute Gasteiger partial charge is 0.383 e. The van der Waals surface area contributed by atoms with E-state index in [1.54, 1.807) is 0 Å². The lowest BCUT2D eigenvalue weighted by Crippen LogP contribution is -2.31. The fourth-order valence-corrected chi connectivity index (χ4v) is 1.93. The van der Waals surface area contributed by atoms with Gasteiger partial charge >= 0.3 is 0 Å². The van der Waals surface area contributed by atoms with E-state index in [-0.39, 0.29) is 17.3 Å². The van der Waals surface area contributed by atoms with E-state index in [1.807, 2.05) is 38.1 Å². The molecule has 0 aliphatic heterocycles. The average Bonchev–Trinajstić information content (AvgIpc) is 2.44. The molecule has 0 aliphatic rings. The number of amides is 1. The molecule has 2 N–H and O–H groups in total. The van der Waals surface area contributed by atoms with Gasteiger partial charge in [-0.1, -0.05) is 17.7 Å². The Labute approximate surface area is 117 Å². The lowest BCUT2D eigenvalue weighted by atomic mass is 10.1. The van der Waals surface area contributed by atoms with E-state index in [4.69, 9.17) is 5.73 Å². The fraction of sp³-hybridized carbons (Fsp3) is 0.200. The van der Waals surface area contributed by atoms with Crippen LogP contribution in [-0.2, 0) is 0 Å². The summed E-state index contributed by atoms with van der Waals surface area (Å²) in [6, 6.07) is 8.64. The second-order valence-electron chi connectivity index (χ2n) is 4.47. The van der Waals surface area contributed by atoms with Crippen molar-refractivity contribution < 1.29 is 9.18 Å². The van der Waals surface area contributed by atoms with E-state index in [2.05, 4.69) is 4.98 Å². The SMILES string of the molecule is CCN(C(=O)c1cc(F)cnc1N)c1ccc(C)cc1. The number of hydrogen-bond acceptors (Lipinski definition) is 3. The Bertz CT molecular complexity index is 626. The number of rotatable bonds is 3. The number of carbonyl (C=O) groups excluding carboxylic acids is 1. The number of nitrogens with two attached hydrogens (primary N) is 1. The molecule has 104 valence electrons. The number of halogens is 1. The van der Waals surface area contributed by atoms with Gasteiger partial charge in [-0.05, 0) is 32.0 Å². The summed E-state index contributed by atoms with van der Waals surface area (Å²) in [6.07, 6.45) is 0.994. The van der Waals surface area contributed by atoms with Gasteiger partial charge in [0.25, 0.3) is 5.91 Å². The van der Waals surface area contributed by atoms with Crippen LogP contribution in [0.15, 0.2) is 36.5 Å². The normalized spacial score (nSPS) is 10.3. The van der Waals surface area contributed by atoms with Gasteiger partial charge in [-0.25, -0.2) is 9.37 Å². The van der Waals surface area contributed by atoms with Crippen LogP contribution < -0.4 is 10.6 Å². The summed E-state index contributed by atoms with van der Waals surface area (Å²) in [6.45, 7) is 4.27. The molecule has 0 aliphatic carbocycles. The minimum atomic E-state index is -0.581. The van der Waals surface area contributed by atoms with E-state index in [1.165, 1.54) is 4.90 Å². The molecule has 1 amide bonds. The standard InChI is InChI=1S/C15H16FN3O/c1-3-19(12-6-4-10(2)5-7-12)15(20)13-8-11(16)9-18-14(13)17/h4-9H,3H2,1-2H3,(H2,17,18). The van der Waals surface area contributed by atoms with E-state index < -0.39 is 5.82 Å². The van der Waals surface area contributed by atoms with Crippen LogP contribution in [0.5, 0.6) is 0 Å². The molecule has 0 spiro atoms. The van der Waals surface area contributed by atoms with Gasteiger partial charge < -0.3 is 10.6 Å². The number of pyridine rings is 1. The highest BCUT2D eigenvalue weighted by molar-refractivity contribution is 6.08. The van der Waals surface area contributed by atoms with Gasteiger partial charge in [0.1, 0.15) is 11.6 Å². The van der Waals surface area contributed by atoms with Crippen molar-refractivity contribution in [2.45, 2.75) is 13.8 Å². The Hall–Kier alpha value is -2.43. The van der Waals surface area contributed by atoms with Crippen LogP contribution in [0.4, 0.5) is 15.9 Å². The third-order valence-electron chi connectivity index (χ3n) is 3.02. The summed E-state index contributed by atoms with van der Waals surface area (Å²) in [5, 5.41) is 0. The van der Waals surface area contributed by atoms with Crippen LogP contribution >= 0.6 is 0 Å². The Balaban J connectivity index is 2.38. The quantitative estimate of drug-likeness (QED) is 0.935. The lowest BCUT2D eigenvalue weighted by molar-refractivity contribution is 0.0988. The molecule has 5 heteroatoms. The van der Waals surface area contributed by atoms with Crippen molar-refractivity contribution in [3.05, 3.63) is 53.5 Å². The van der Waals surface area contributed by atoms with Gasteiger partial charge in [-0.15, -0.1) is 0 Å². The second kappa shape index (κ2) is 5.69. The van der Waals surface area contributed by atoms with Gasteiger partial charge in [-0.3, -0.25) is 4.79 Å². The van der Waals surface area contributed by atoms with Gasteiger partial charge in [0.2, 0.25) is 0 Å². The number of nitrogen functional groups attached to an aromatic ring is 1. The van der Waals surface area contributed by atoms with Crippen molar-refractivity contribution in [2.24, 2.45) is 0 Å². The Morgan fingerprint density at radius 3 is 2.60 bits per heavy atom. The van der Waals surface area contributed by atoms with Crippen LogP contribution in [0.3, 0.4) is 0 Å². The molecule has 0 bridgehead atoms. The predicted octanol–water partition coefficient (Wildman–Crippen LogP) is 2.78. The molecule has 0 radical (unpaired) electrons. The van der Waals surface area contributed by atoms with Crippen LogP contribution in [-0.4, -0.2) is 17.4 Å². The first-order valence-corrected chi connectivity index (χ1v) is 6.32. The topological polar surface area (TPSA) is 59.2 Å². The molecule has 1 heterocycles. The third kappa shape index (κ3) is 2.77. The maximum absolute atomic E-state index is 13.2. The molecule has 0 atom stereocenters. The van der Waals surface area contributed by atoms with Crippen LogP contribution in [0, 0.1) is 12.7 Å². The van der Waals surface area contributed by atoms with E-state index in [0.29, 0.717) is 6.54 Å². The molecule has 0 unspecified atom stereocenters. The first-order valence-electron chi connectivity index (χ1n) is 6.32. The number of carbonyl (C=O) groups is 1. The number of hydrogen-bond donors (Lipinski definition) is 1. The minimum Gasteiger partial charge on any atom is -0.383 e. The number of benzene rings is 1. The maximum atomic E-state index is 13.2. The fourth-order valence-electron chi connectivity index (χ4n) is 1.93. The number of aromatic nitrogens is 1. The summed E-state index contributed by atoms with van der Waals surface area (Å²) in [5.41, 5.74) is 7.58. The minimum absolute atomic E-state index is 0.0296.